The summed E-state index contributed by atoms with van der Waals surface area (Å²) in [5.74, 6) is 4.31. The van der Waals surface area contributed by atoms with Gasteiger partial charge in [0, 0.05) is 105 Å². The van der Waals surface area contributed by atoms with E-state index in [2.05, 4.69) is 143 Å². The molecule has 0 unspecified atom stereocenters. The van der Waals surface area contributed by atoms with Crippen molar-refractivity contribution in [2.75, 3.05) is 105 Å². The van der Waals surface area contributed by atoms with Crippen molar-refractivity contribution in [3.05, 3.63) is 48.5 Å². The molecule has 0 N–H and O–H groups in total. The fourth-order valence-electron chi connectivity index (χ4n) is 7.27. The molecule has 55 heavy (non-hydrogen) atoms. The zero-order valence-corrected chi connectivity index (χ0v) is 39.2. The van der Waals surface area contributed by atoms with E-state index in [4.69, 9.17) is 39.4 Å². The predicted octanol–water partition coefficient (Wildman–Crippen LogP) is 7.33. The van der Waals surface area contributed by atoms with Crippen molar-refractivity contribution in [3.63, 3.8) is 0 Å². The Bertz CT molecular complexity index is 1320. The van der Waals surface area contributed by atoms with Crippen LogP contribution in [-0.4, -0.2) is 168 Å². The van der Waals surface area contributed by atoms with Crippen LogP contribution in [0.15, 0.2) is 68.5 Å². The second-order valence-electron chi connectivity index (χ2n) is 13.4. The molecule has 0 atom stereocenters. The molecule has 12 nitrogen and oxygen atoms in total. The first-order valence-electron chi connectivity index (χ1n) is 20.5. The molecule has 4 fully saturated rings. The number of hydrogen-bond acceptors (Lipinski definition) is 4. The third-order valence-corrected chi connectivity index (χ3v) is 10.5. The SMILES string of the molecule is CCN1CCN(CC)C1=Nc1ccccc1N=C1N(CC)CCN1CC.CCN1CCN(CC)C1=Nc1ccccc1N=C1N(CC)CCN1CC.[Cl][Zn][Cl]. The topological polar surface area (TPSA) is 75.4 Å². The fourth-order valence-corrected chi connectivity index (χ4v) is 7.27. The number of rotatable bonds is 12. The van der Waals surface area contributed by atoms with Gasteiger partial charge in [-0.1, -0.05) is 24.3 Å². The number of benzene rings is 2. The zero-order chi connectivity index (χ0) is 39.7. The number of likely N-dealkylation sites (N-methyl/N-ethyl adjacent to an activating group) is 8. The summed E-state index contributed by atoms with van der Waals surface area (Å²) < 4.78 is 0. The molecule has 0 saturated carbocycles. The molecule has 4 saturated heterocycles. The minimum atomic E-state index is -0.931. The molecule has 0 aliphatic carbocycles. The summed E-state index contributed by atoms with van der Waals surface area (Å²) in [6, 6.07) is 16.5. The number of guanidine groups is 4. The van der Waals surface area contributed by atoms with Gasteiger partial charge in [0.05, 0.1) is 22.7 Å². The van der Waals surface area contributed by atoms with Crippen LogP contribution in [0.5, 0.6) is 0 Å². The first-order chi connectivity index (χ1) is 26.8. The molecule has 4 aliphatic rings. The molecule has 2 aromatic rings. The third kappa shape index (κ3) is 11.4. The Balaban J connectivity index is 0.000000228. The number of aliphatic imine (C=N–C) groups is 4. The molecular weight excluding hydrogens is 785 g/mol. The van der Waals surface area contributed by atoms with Gasteiger partial charge < -0.3 is 39.2 Å². The molecule has 0 radical (unpaired) electrons. The summed E-state index contributed by atoms with van der Waals surface area (Å²) in [5.41, 5.74) is 3.81. The molecule has 2 aromatic carbocycles. The first-order valence-corrected chi connectivity index (χ1v) is 28.3. The van der Waals surface area contributed by atoms with Crippen LogP contribution in [0.4, 0.5) is 22.7 Å². The van der Waals surface area contributed by atoms with Gasteiger partial charge in [0.15, 0.2) is 0 Å². The van der Waals surface area contributed by atoms with Crippen LogP contribution in [-0.2, 0) is 15.1 Å². The van der Waals surface area contributed by atoms with Crippen LogP contribution in [0, 0.1) is 0 Å². The van der Waals surface area contributed by atoms with Crippen LogP contribution in [0.1, 0.15) is 55.4 Å². The first kappa shape index (κ1) is 44.4. The molecule has 15 heteroatoms. The van der Waals surface area contributed by atoms with Crippen LogP contribution in [0.2, 0.25) is 0 Å². The second kappa shape index (κ2) is 23.1. The van der Waals surface area contributed by atoms with Gasteiger partial charge in [0.1, 0.15) is 0 Å². The number of hydrogen-bond donors (Lipinski definition) is 0. The van der Waals surface area contributed by atoms with E-state index in [0.29, 0.717) is 0 Å². The van der Waals surface area contributed by atoms with Crippen molar-refractivity contribution in [3.8, 4) is 0 Å². The van der Waals surface area contributed by atoms with Crippen LogP contribution in [0.3, 0.4) is 0 Å². The molecule has 4 heterocycles. The Morgan fingerprint density at radius 2 is 0.509 bits per heavy atom. The Hall–Kier alpha value is -3.28. The van der Waals surface area contributed by atoms with Gasteiger partial charge >= 0.3 is 34.5 Å². The van der Waals surface area contributed by atoms with Gasteiger partial charge in [-0.3, -0.25) is 0 Å². The molecule has 0 amide bonds. The van der Waals surface area contributed by atoms with E-state index in [0.717, 1.165) is 151 Å². The van der Waals surface area contributed by atoms with Gasteiger partial charge in [0.25, 0.3) is 0 Å². The summed E-state index contributed by atoms with van der Waals surface area (Å²) in [6.45, 7) is 33.8. The molecule has 4 aliphatic heterocycles. The maximum atomic E-state index is 5.03. The van der Waals surface area contributed by atoms with Crippen molar-refractivity contribution >= 4 is 66.0 Å². The summed E-state index contributed by atoms with van der Waals surface area (Å²) in [7, 11) is 9.90. The third-order valence-electron chi connectivity index (χ3n) is 10.5. The minimum absolute atomic E-state index is 0.931. The Kier molecular flexibility index (Phi) is 18.6. The van der Waals surface area contributed by atoms with Crippen molar-refractivity contribution in [1.29, 1.82) is 0 Å². The van der Waals surface area contributed by atoms with Crippen LogP contribution in [0.25, 0.3) is 0 Å². The summed E-state index contributed by atoms with van der Waals surface area (Å²) in [6.07, 6.45) is 0. The van der Waals surface area contributed by atoms with Gasteiger partial charge in [-0.2, -0.15) is 0 Å². The molecular formula is C40H64Cl2N12Zn. The van der Waals surface area contributed by atoms with E-state index in [1.54, 1.807) is 0 Å². The van der Waals surface area contributed by atoms with Crippen molar-refractivity contribution in [2.45, 2.75) is 55.4 Å². The molecule has 0 spiro atoms. The average Bonchev–Trinajstić information content (AvgIpc) is 4.01. The normalized spacial score (nSPS) is 16.8. The predicted molar refractivity (Wildman–Crippen MR) is 231 cm³/mol. The number of para-hydroxylation sites is 4. The van der Waals surface area contributed by atoms with E-state index < -0.39 is 15.1 Å². The van der Waals surface area contributed by atoms with E-state index >= 15 is 0 Å². The Morgan fingerprint density at radius 3 is 0.636 bits per heavy atom. The van der Waals surface area contributed by atoms with Crippen molar-refractivity contribution in [1.82, 2.24) is 39.2 Å². The zero-order valence-electron chi connectivity index (χ0n) is 34.8. The number of nitrogens with zero attached hydrogens (tertiary/aromatic N) is 12. The second-order valence-corrected chi connectivity index (χ2v) is 18.0. The van der Waals surface area contributed by atoms with Gasteiger partial charge in [-0.25, -0.2) is 20.0 Å². The van der Waals surface area contributed by atoms with E-state index in [-0.39, 0.29) is 0 Å². The summed E-state index contributed by atoms with van der Waals surface area (Å²) in [5, 5.41) is 0. The van der Waals surface area contributed by atoms with Crippen molar-refractivity contribution in [2.24, 2.45) is 20.0 Å². The Morgan fingerprint density at radius 1 is 0.364 bits per heavy atom. The van der Waals surface area contributed by atoms with Crippen molar-refractivity contribution < 1.29 is 15.1 Å². The van der Waals surface area contributed by atoms with E-state index in [1.165, 1.54) is 0 Å². The van der Waals surface area contributed by atoms with E-state index in [9.17, 15) is 0 Å². The molecule has 0 bridgehead atoms. The average molecular weight is 849 g/mol. The van der Waals surface area contributed by atoms with Crippen LogP contribution >= 0.6 is 19.4 Å². The molecule has 0 aromatic heterocycles. The molecule has 300 valence electrons. The van der Waals surface area contributed by atoms with E-state index in [1.807, 2.05) is 0 Å². The Labute approximate surface area is 347 Å². The van der Waals surface area contributed by atoms with Gasteiger partial charge in [-0.05, 0) is 79.7 Å². The monoisotopic (exact) mass is 846 g/mol. The maximum absolute atomic E-state index is 5.03. The van der Waals surface area contributed by atoms with Gasteiger partial charge in [0.2, 0.25) is 23.8 Å². The number of halogens is 2. The fraction of sp³-hybridized carbons (Fsp3) is 0.600. The molecule has 6 rings (SSSR count). The van der Waals surface area contributed by atoms with Gasteiger partial charge in [-0.15, -0.1) is 0 Å². The summed E-state index contributed by atoms with van der Waals surface area (Å²) >= 11 is -0.931. The van der Waals surface area contributed by atoms with Crippen LogP contribution < -0.4 is 0 Å². The summed E-state index contributed by atoms with van der Waals surface area (Å²) in [4.78, 5) is 38.9. The quantitative estimate of drug-likeness (QED) is 0.206. The standard InChI is InChI=1S/2C20H32N6.2ClH.Zn/c2*1-5-23-13-14-24(6-2)19(23)21-17-11-9-10-12-18(17)22-20-25(7-3)15-16-26(20)8-4;;;/h2*9-12H,5-8,13-16H2,1-4H3;2*1H;/q;;;;+2/p-2.